The summed E-state index contributed by atoms with van der Waals surface area (Å²) in [7, 11) is 0. The van der Waals surface area contributed by atoms with Gasteiger partial charge in [0, 0.05) is 12.8 Å². The van der Waals surface area contributed by atoms with Gasteiger partial charge in [0.05, 0.1) is 16.7 Å². The van der Waals surface area contributed by atoms with Crippen LogP contribution in [0, 0.1) is 19.3 Å². The van der Waals surface area contributed by atoms with Crippen LogP contribution in [0.2, 0.25) is 0 Å². The van der Waals surface area contributed by atoms with E-state index in [0.717, 1.165) is 35.7 Å². The fourth-order valence-corrected chi connectivity index (χ4v) is 4.50. The molecule has 0 unspecified atom stereocenters. The molecule has 0 radical (unpaired) electrons. The Hall–Kier alpha value is -2.42. The van der Waals surface area contributed by atoms with Crippen LogP contribution in [0.25, 0.3) is 11.0 Å². The quantitative estimate of drug-likeness (QED) is 0.487. The summed E-state index contributed by atoms with van der Waals surface area (Å²) in [4.78, 5) is 10.3. The van der Waals surface area contributed by atoms with Gasteiger partial charge in [-0.2, -0.15) is 0 Å². The second-order valence-corrected chi connectivity index (χ2v) is 8.36. The van der Waals surface area contributed by atoms with E-state index in [4.69, 9.17) is 9.98 Å². The number of fused-ring (bicyclic) bond motifs is 4. The van der Waals surface area contributed by atoms with Crippen molar-refractivity contribution in [2.24, 2.45) is 10.4 Å². The Bertz CT molecular complexity index is 1040. The minimum atomic E-state index is 0.283. The third-order valence-electron chi connectivity index (χ3n) is 6.97. The SMILES string of the molecule is CCC(CC)(CC)CC1=Nc2ccccc2Cc2nc3cc(C)c(C)cc3n21. The number of imidazole rings is 1. The van der Waals surface area contributed by atoms with Gasteiger partial charge in [0.25, 0.3) is 0 Å². The molecule has 146 valence electrons. The highest BCUT2D eigenvalue weighted by Crippen LogP contribution is 2.38. The molecule has 3 heteroatoms. The Balaban J connectivity index is 1.97. The number of aliphatic imine (C=N–C) groups is 1. The average Bonchev–Trinajstić information content (AvgIpc) is 2.95. The Labute approximate surface area is 168 Å². The van der Waals surface area contributed by atoms with E-state index in [1.807, 2.05) is 0 Å². The standard InChI is InChI=1S/C25H31N3/c1-6-25(7-2,8-3)16-24-26-20-12-10-9-11-19(20)15-23-27-21-13-17(4)18(5)14-22(21)28(23)24/h9-14H,6-8,15-16H2,1-5H3. The fourth-order valence-electron chi connectivity index (χ4n) is 4.50. The lowest BCUT2D eigenvalue weighted by atomic mass is 9.76. The zero-order chi connectivity index (χ0) is 19.9. The van der Waals surface area contributed by atoms with E-state index in [1.165, 1.54) is 41.5 Å². The normalized spacial score (nSPS) is 13.8. The predicted octanol–water partition coefficient (Wildman–Crippen LogP) is 6.74. The Morgan fingerprint density at radius 1 is 0.964 bits per heavy atom. The number of rotatable bonds is 5. The molecule has 0 N–H and O–H groups in total. The van der Waals surface area contributed by atoms with Crippen LogP contribution in [0.4, 0.5) is 5.69 Å². The van der Waals surface area contributed by atoms with Crippen molar-refractivity contribution in [1.82, 2.24) is 9.55 Å². The van der Waals surface area contributed by atoms with Crippen LogP contribution in [0.15, 0.2) is 41.4 Å². The molecule has 0 bridgehead atoms. The van der Waals surface area contributed by atoms with Crippen molar-refractivity contribution in [2.75, 3.05) is 0 Å². The summed E-state index contributed by atoms with van der Waals surface area (Å²) in [6.07, 6.45) is 5.31. The largest absolute Gasteiger partial charge is 0.284 e. The molecule has 0 atom stereocenters. The molecule has 3 nitrogen and oxygen atoms in total. The van der Waals surface area contributed by atoms with Crippen LogP contribution < -0.4 is 0 Å². The van der Waals surface area contributed by atoms with Crippen molar-refractivity contribution in [2.45, 2.75) is 66.7 Å². The van der Waals surface area contributed by atoms with E-state index in [2.05, 4.69) is 75.6 Å². The molecular weight excluding hydrogens is 342 g/mol. The number of hydrogen-bond donors (Lipinski definition) is 0. The van der Waals surface area contributed by atoms with Crippen LogP contribution in [-0.2, 0) is 6.42 Å². The molecule has 0 spiro atoms. The Morgan fingerprint density at radius 3 is 2.36 bits per heavy atom. The molecular formula is C25H31N3. The summed E-state index contributed by atoms with van der Waals surface area (Å²) in [6, 6.07) is 13.0. The third-order valence-corrected chi connectivity index (χ3v) is 6.97. The minimum Gasteiger partial charge on any atom is -0.284 e. The first kappa shape index (κ1) is 18.9. The van der Waals surface area contributed by atoms with Crippen LogP contribution in [0.1, 0.15) is 69.0 Å². The molecule has 2 aromatic carbocycles. The summed E-state index contributed by atoms with van der Waals surface area (Å²) < 4.78 is 2.36. The van der Waals surface area contributed by atoms with Gasteiger partial charge in [-0.05, 0) is 54.2 Å². The van der Waals surface area contributed by atoms with Gasteiger partial charge >= 0.3 is 0 Å². The van der Waals surface area contributed by atoms with Gasteiger partial charge in [0.1, 0.15) is 11.7 Å². The van der Waals surface area contributed by atoms with Crippen LogP contribution >= 0.6 is 0 Å². The third kappa shape index (κ3) is 3.07. The summed E-state index contributed by atoms with van der Waals surface area (Å²) in [6.45, 7) is 11.3. The summed E-state index contributed by atoms with van der Waals surface area (Å²) in [5.74, 6) is 2.26. The zero-order valence-corrected chi connectivity index (χ0v) is 17.8. The second-order valence-electron chi connectivity index (χ2n) is 8.36. The minimum absolute atomic E-state index is 0.283. The van der Waals surface area contributed by atoms with E-state index in [0.29, 0.717) is 0 Å². The second kappa shape index (κ2) is 7.20. The van der Waals surface area contributed by atoms with Crippen molar-refractivity contribution in [1.29, 1.82) is 0 Å². The van der Waals surface area contributed by atoms with Gasteiger partial charge in [-0.3, -0.25) is 4.57 Å². The van der Waals surface area contributed by atoms with E-state index in [-0.39, 0.29) is 5.41 Å². The molecule has 4 rings (SSSR count). The van der Waals surface area contributed by atoms with Crippen LogP contribution in [0.3, 0.4) is 0 Å². The Kier molecular flexibility index (Phi) is 4.86. The van der Waals surface area contributed by atoms with E-state index in [1.54, 1.807) is 0 Å². The van der Waals surface area contributed by atoms with Crippen molar-refractivity contribution in [3.63, 3.8) is 0 Å². The molecule has 28 heavy (non-hydrogen) atoms. The molecule has 3 aromatic rings. The molecule has 0 aliphatic carbocycles. The van der Waals surface area contributed by atoms with Gasteiger partial charge in [0.15, 0.2) is 0 Å². The topological polar surface area (TPSA) is 30.2 Å². The smallest absolute Gasteiger partial charge is 0.119 e. The van der Waals surface area contributed by atoms with Gasteiger partial charge in [-0.15, -0.1) is 0 Å². The number of benzene rings is 2. The van der Waals surface area contributed by atoms with Crippen molar-refractivity contribution in [3.8, 4) is 0 Å². The molecule has 0 saturated heterocycles. The van der Waals surface area contributed by atoms with Crippen LogP contribution in [-0.4, -0.2) is 15.4 Å². The van der Waals surface area contributed by atoms with E-state index >= 15 is 0 Å². The lowest BCUT2D eigenvalue weighted by molar-refractivity contribution is 0.261. The van der Waals surface area contributed by atoms with Gasteiger partial charge in [0.2, 0.25) is 0 Å². The lowest BCUT2D eigenvalue weighted by Crippen LogP contribution is -2.26. The van der Waals surface area contributed by atoms with Gasteiger partial charge in [-0.25, -0.2) is 9.98 Å². The molecule has 1 aliphatic rings. The first-order chi connectivity index (χ1) is 13.5. The van der Waals surface area contributed by atoms with Gasteiger partial charge in [-0.1, -0.05) is 58.2 Å². The monoisotopic (exact) mass is 373 g/mol. The number of para-hydroxylation sites is 1. The van der Waals surface area contributed by atoms with Crippen LogP contribution in [0.5, 0.6) is 0 Å². The number of hydrogen-bond acceptors (Lipinski definition) is 2. The average molecular weight is 374 g/mol. The molecule has 0 amide bonds. The zero-order valence-electron chi connectivity index (χ0n) is 17.8. The van der Waals surface area contributed by atoms with E-state index in [9.17, 15) is 0 Å². The maximum atomic E-state index is 5.22. The lowest BCUT2D eigenvalue weighted by Gasteiger charge is -2.31. The van der Waals surface area contributed by atoms with Crippen molar-refractivity contribution >= 4 is 22.6 Å². The van der Waals surface area contributed by atoms with E-state index < -0.39 is 0 Å². The molecule has 0 saturated carbocycles. The first-order valence-electron chi connectivity index (χ1n) is 10.6. The van der Waals surface area contributed by atoms with Gasteiger partial charge < -0.3 is 0 Å². The highest BCUT2D eigenvalue weighted by atomic mass is 15.1. The number of aryl methyl sites for hydroxylation is 2. The maximum absolute atomic E-state index is 5.22. The predicted molar refractivity (Wildman–Crippen MR) is 119 cm³/mol. The molecule has 1 aromatic heterocycles. The molecule has 0 fully saturated rings. The highest BCUT2D eigenvalue weighted by Gasteiger charge is 2.30. The van der Waals surface area contributed by atoms with Crippen molar-refractivity contribution in [3.05, 3.63) is 58.9 Å². The summed E-state index contributed by atoms with van der Waals surface area (Å²) >= 11 is 0. The number of nitrogens with zero attached hydrogens (tertiary/aromatic N) is 3. The number of aromatic nitrogens is 2. The fraction of sp³-hybridized carbons (Fsp3) is 0.440. The summed E-state index contributed by atoms with van der Waals surface area (Å²) in [5, 5.41) is 0. The summed E-state index contributed by atoms with van der Waals surface area (Å²) in [5.41, 5.74) is 7.52. The van der Waals surface area contributed by atoms with Crippen molar-refractivity contribution < 1.29 is 0 Å². The maximum Gasteiger partial charge on any atom is 0.119 e. The Morgan fingerprint density at radius 2 is 1.64 bits per heavy atom. The molecule has 1 aliphatic heterocycles. The first-order valence-corrected chi connectivity index (χ1v) is 10.6. The molecule has 2 heterocycles. The highest BCUT2D eigenvalue weighted by molar-refractivity contribution is 5.97.